The largest absolute Gasteiger partial charge is 0.348 e. The van der Waals surface area contributed by atoms with E-state index in [9.17, 15) is 4.79 Å². The molecule has 1 aliphatic heterocycles. The SMILES string of the molecule is CCN1CCN(c2nc(C)cc(C(=O)NC3CCCCC3)n2)CC1. The van der Waals surface area contributed by atoms with Crippen molar-refractivity contribution < 1.29 is 4.79 Å². The molecule has 1 aliphatic carbocycles. The number of hydrogen-bond acceptors (Lipinski definition) is 5. The zero-order valence-corrected chi connectivity index (χ0v) is 14.9. The van der Waals surface area contributed by atoms with Crippen molar-refractivity contribution in [1.29, 1.82) is 0 Å². The number of likely N-dealkylation sites (N-methyl/N-ethyl adjacent to an activating group) is 1. The molecular weight excluding hydrogens is 302 g/mol. The number of nitrogens with one attached hydrogen (secondary N) is 1. The molecule has 1 N–H and O–H groups in total. The van der Waals surface area contributed by atoms with Gasteiger partial charge in [-0.2, -0.15) is 0 Å². The van der Waals surface area contributed by atoms with Gasteiger partial charge in [0.05, 0.1) is 0 Å². The molecule has 0 bridgehead atoms. The van der Waals surface area contributed by atoms with Crippen molar-refractivity contribution in [2.75, 3.05) is 37.6 Å². The fourth-order valence-electron chi connectivity index (χ4n) is 3.58. The van der Waals surface area contributed by atoms with Crippen LogP contribution in [0.5, 0.6) is 0 Å². The minimum absolute atomic E-state index is 0.0548. The van der Waals surface area contributed by atoms with E-state index in [0.717, 1.165) is 51.3 Å². The Hall–Kier alpha value is -1.69. The van der Waals surface area contributed by atoms with Crippen LogP contribution in [-0.2, 0) is 0 Å². The van der Waals surface area contributed by atoms with Gasteiger partial charge < -0.3 is 15.1 Å². The van der Waals surface area contributed by atoms with E-state index in [4.69, 9.17) is 0 Å². The van der Waals surface area contributed by atoms with Gasteiger partial charge in [0, 0.05) is 37.9 Å². The van der Waals surface area contributed by atoms with Crippen molar-refractivity contribution in [3.8, 4) is 0 Å². The predicted octanol–water partition coefficient (Wildman–Crippen LogP) is 1.99. The average Bonchev–Trinajstić information content (AvgIpc) is 2.62. The number of anilines is 1. The highest BCUT2D eigenvalue weighted by atomic mass is 16.1. The zero-order valence-electron chi connectivity index (χ0n) is 14.9. The van der Waals surface area contributed by atoms with Crippen molar-refractivity contribution in [2.45, 2.75) is 52.0 Å². The lowest BCUT2D eigenvalue weighted by atomic mass is 9.95. The summed E-state index contributed by atoms with van der Waals surface area (Å²) >= 11 is 0. The van der Waals surface area contributed by atoms with Crippen LogP contribution in [0.15, 0.2) is 6.07 Å². The molecule has 3 rings (SSSR count). The monoisotopic (exact) mass is 331 g/mol. The quantitative estimate of drug-likeness (QED) is 0.914. The first-order valence-electron chi connectivity index (χ1n) is 9.29. The van der Waals surface area contributed by atoms with E-state index in [2.05, 4.69) is 32.0 Å². The Kier molecular flexibility index (Phi) is 5.66. The summed E-state index contributed by atoms with van der Waals surface area (Å²) in [6, 6.07) is 2.10. The van der Waals surface area contributed by atoms with Gasteiger partial charge in [-0.25, -0.2) is 9.97 Å². The zero-order chi connectivity index (χ0) is 16.9. The number of aryl methyl sites for hydroxylation is 1. The van der Waals surface area contributed by atoms with Crippen LogP contribution in [0.2, 0.25) is 0 Å². The van der Waals surface area contributed by atoms with E-state index in [1.54, 1.807) is 6.07 Å². The average molecular weight is 331 g/mol. The number of piperazine rings is 1. The molecule has 0 unspecified atom stereocenters. The van der Waals surface area contributed by atoms with Gasteiger partial charge >= 0.3 is 0 Å². The van der Waals surface area contributed by atoms with Gasteiger partial charge in [0.25, 0.3) is 5.91 Å². The summed E-state index contributed by atoms with van der Waals surface area (Å²) in [5.41, 5.74) is 1.35. The van der Waals surface area contributed by atoms with Gasteiger partial charge in [0.2, 0.25) is 5.95 Å². The lowest BCUT2D eigenvalue weighted by molar-refractivity contribution is 0.0922. The molecule has 1 saturated carbocycles. The second-order valence-electron chi connectivity index (χ2n) is 6.92. The molecule has 2 fully saturated rings. The number of nitrogens with zero attached hydrogens (tertiary/aromatic N) is 4. The second kappa shape index (κ2) is 7.92. The van der Waals surface area contributed by atoms with Crippen molar-refractivity contribution in [2.24, 2.45) is 0 Å². The molecule has 1 aromatic heterocycles. The maximum Gasteiger partial charge on any atom is 0.270 e. The molecule has 1 saturated heterocycles. The lowest BCUT2D eigenvalue weighted by Gasteiger charge is -2.34. The summed E-state index contributed by atoms with van der Waals surface area (Å²) in [6.45, 7) is 9.09. The highest BCUT2D eigenvalue weighted by Gasteiger charge is 2.21. The third kappa shape index (κ3) is 4.23. The third-order valence-electron chi connectivity index (χ3n) is 5.12. The normalized spacial score (nSPS) is 20.2. The van der Waals surface area contributed by atoms with Gasteiger partial charge in [-0.15, -0.1) is 0 Å². The number of aromatic nitrogens is 2. The van der Waals surface area contributed by atoms with Crippen LogP contribution >= 0.6 is 0 Å². The van der Waals surface area contributed by atoms with E-state index < -0.39 is 0 Å². The minimum Gasteiger partial charge on any atom is -0.348 e. The molecule has 132 valence electrons. The van der Waals surface area contributed by atoms with Crippen LogP contribution in [0.3, 0.4) is 0 Å². The molecule has 6 nitrogen and oxygen atoms in total. The molecule has 0 radical (unpaired) electrons. The third-order valence-corrected chi connectivity index (χ3v) is 5.12. The number of amides is 1. The fourth-order valence-corrected chi connectivity index (χ4v) is 3.58. The Labute approximate surface area is 144 Å². The summed E-state index contributed by atoms with van der Waals surface area (Å²) in [5, 5.41) is 3.15. The molecule has 0 atom stereocenters. The highest BCUT2D eigenvalue weighted by molar-refractivity contribution is 5.92. The maximum absolute atomic E-state index is 12.6. The van der Waals surface area contributed by atoms with Gasteiger partial charge in [-0.1, -0.05) is 26.2 Å². The van der Waals surface area contributed by atoms with Gasteiger partial charge in [0.1, 0.15) is 5.69 Å². The summed E-state index contributed by atoms with van der Waals surface area (Å²) in [7, 11) is 0. The number of rotatable bonds is 4. The molecule has 6 heteroatoms. The predicted molar refractivity (Wildman–Crippen MR) is 95.4 cm³/mol. The van der Waals surface area contributed by atoms with Gasteiger partial charge in [-0.3, -0.25) is 4.79 Å². The topological polar surface area (TPSA) is 61.4 Å². The van der Waals surface area contributed by atoms with E-state index in [1.807, 2.05) is 6.92 Å². The number of hydrogen-bond donors (Lipinski definition) is 1. The van der Waals surface area contributed by atoms with Crippen LogP contribution in [0.25, 0.3) is 0 Å². The minimum atomic E-state index is -0.0548. The Morgan fingerprint density at radius 3 is 2.54 bits per heavy atom. The van der Waals surface area contributed by atoms with Crippen LogP contribution in [0, 0.1) is 6.92 Å². The van der Waals surface area contributed by atoms with Gasteiger partial charge in [0.15, 0.2) is 0 Å². The van der Waals surface area contributed by atoms with Crippen LogP contribution in [0.4, 0.5) is 5.95 Å². The van der Waals surface area contributed by atoms with Crippen molar-refractivity contribution in [1.82, 2.24) is 20.2 Å². The Morgan fingerprint density at radius 1 is 1.17 bits per heavy atom. The summed E-state index contributed by atoms with van der Waals surface area (Å²) in [6.07, 6.45) is 5.87. The number of carbonyl (C=O) groups excluding carboxylic acids is 1. The molecular formula is C18H29N5O. The molecule has 0 spiro atoms. The van der Waals surface area contributed by atoms with Crippen molar-refractivity contribution in [3.05, 3.63) is 17.5 Å². The molecule has 1 amide bonds. The fraction of sp³-hybridized carbons (Fsp3) is 0.722. The maximum atomic E-state index is 12.6. The first-order valence-corrected chi connectivity index (χ1v) is 9.29. The van der Waals surface area contributed by atoms with Crippen LogP contribution in [-0.4, -0.2) is 59.5 Å². The molecule has 0 aromatic carbocycles. The molecule has 1 aromatic rings. The lowest BCUT2D eigenvalue weighted by Crippen LogP contribution is -2.47. The molecule has 2 heterocycles. The molecule has 24 heavy (non-hydrogen) atoms. The highest BCUT2D eigenvalue weighted by Crippen LogP contribution is 2.18. The Balaban J connectivity index is 1.68. The Morgan fingerprint density at radius 2 is 1.88 bits per heavy atom. The van der Waals surface area contributed by atoms with Crippen molar-refractivity contribution in [3.63, 3.8) is 0 Å². The first-order chi connectivity index (χ1) is 11.7. The summed E-state index contributed by atoms with van der Waals surface area (Å²) in [5.74, 6) is 0.639. The van der Waals surface area contributed by atoms with Crippen LogP contribution < -0.4 is 10.2 Å². The van der Waals surface area contributed by atoms with E-state index >= 15 is 0 Å². The van der Waals surface area contributed by atoms with E-state index in [0.29, 0.717) is 17.7 Å². The van der Waals surface area contributed by atoms with E-state index in [-0.39, 0.29) is 5.91 Å². The number of carbonyl (C=O) groups is 1. The first kappa shape index (κ1) is 17.1. The second-order valence-corrected chi connectivity index (χ2v) is 6.92. The standard InChI is InChI=1S/C18H29N5O/c1-3-22-9-11-23(12-10-22)18-19-14(2)13-16(21-18)17(24)20-15-7-5-4-6-8-15/h13,15H,3-12H2,1-2H3,(H,20,24). The van der Waals surface area contributed by atoms with Gasteiger partial charge in [-0.05, 0) is 32.4 Å². The molecule has 2 aliphatic rings. The van der Waals surface area contributed by atoms with Crippen LogP contribution in [0.1, 0.15) is 55.2 Å². The smallest absolute Gasteiger partial charge is 0.270 e. The summed E-state index contributed by atoms with van der Waals surface area (Å²) in [4.78, 5) is 26.3. The van der Waals surface area contributed by atoms with Crippen molar-refractivity contribution >= 4 is 11.9 Å². The Bertz CT molecular complexity index is 563. The summed E-state index contributed by atoms with van der Waals surface area (Å²) < 4.78 is 0. The van der Waals surface area contributed by atoms with E-state index in [1.165, 1.54) is 19.3 Å².